The highest BCUT2D eigenvalue weighted by molar-refractivity contribution is 5.84. The van der Waals surface area contributed by atoms with Crippen molar-refractivity contribution < 1.29 is 4.79 Å². The molecule has 1 unspecified atom stereocenters. The number of nitrogens with one attached hydrogen (secondary N) is 1. The molecule has 1 aliphatic rings. The van der Waals surface area contributed by atoms with Gasteiger partial charge in [0.15, 0.2) is 0 Å². The van der Waals surface area contributed by atoms with Gasteiger partial charge in [0.2, 0.25) is 5.91 Å². The molecular formula is C12H14NO. The largest absolute Gasteiger partial charge is 0.356 e. The fourth-order valence-electron chi connectivity index (χ4n) is 2.08. The molecule has 0 saturated heterocycles. The second kappa shape index (κ2) is 3.82. The van der Waals surface area contributed by atoms with Crippen LogP contribution in [-0.2, 0) is 11.2 Å². The van der Waals surface area contributed by atoms with E-state index in [0.717, 1.165) is 12.8 Å². The van der Waals surface area contributed by atoms with Crippen LogP contribution in [-0.4, -0.2) is 12.5 Å². The van der Waals surface area contributed by atoms with Crippen LogP contribution < -0.4 is 5.32 Å². The summed E-state index contributed by atoms with van der Waals surface area (Å²) in [4.78, 5) is 11.7. The van der Waals surface area contributed by atoms with E-state index in [1.54, 1.807) is 0 Å². The molecule has 0 bridgehead atoms. The van der Waals surface area contributed by atoms with Crippen molar-refractivity contribution in [1.29, 1.82) is 0 Å². The Hall–Kier alpha value is -1.31. The summed E-state index contributed by atoms with van der Waals surface area (Å²) >= 11 is 0. The molecule has 1 N–H and O–H groups in total. The smallest absolute Gasteiger partial charge is 0.227 e. The lowest BCUT2D eigenvalue weighted by Crippen LogP contribution is -2.28. The second-order valence-corrected chi connectivity index (χ2v) is 3.58. The van der Waals surface area contributed by atoms with Crippen LogP contribution in [0.25, 0.3) is 0 Å². The van der Waals surface area contributed by atoms with Gasteiger partial charge >= 0.3 is 0 Å². The third-order valence-electron chi connectivity index (χ3n) is 2.75. The fraction of sp³-hybridized carbons (Fsp3) is 0.333. The number of fused-ring (bicyclic) bond motifs is 1. The normalized spacial score (nSPS) is 19.1. The van der Waals surface area contributed by atoms with Gasteiger partial charge in [-0.15, -0.1) is 0 Å². The van der Waals surface area contributed by atoms with E-state index >= 15 is 0 Å². The van der Waals surface area contributed by atoms with Gasteiger partial charge in [-0.1, -0.05) is 24.3 Å². The highest BCUT2D eigenvalue weighted by Crippen LogP contribution is 2.32. The predicted molar refractivity (Wildman–Crippen MR) is 55.9 cm³/mol. The average molecular weight is 188 g/mol. The zero-order chi connectivity index (χ0) is 9.97. The number of benzene rings is 1. The molecule has 2 heteroatoms. The summed E-state index contributed by atoms with van der Waals surface area (Å²) in [6, 6.07) is 8.18. The highest BCUT2D eigenvalue weighted by atomic mass is 16.1. The lowest BCUT2D eigenvalue weighted by Gasteiger charge is -2.10. The van der Waals surface area contributed by atoms with E-state index in [1.165, 1.54) is 11.1 Å². The van der Waals surface area contributed by atoms with E-state index in [4.69, 9.17) is 0 Å². The molecule has 1 radical (unpaired) electrons. The van der Waals surface area contributed by atoms with E-state index in [1.807, 2.05) is 12.1 Å². The van der Waals surface area contributed by atoms with Crippen LogP contribution in [0.2, 0.25) is 0 Å². The molecule has 0 saturated carbocycles. The van der Waals surface area contributed by atoms with E-state index in [2.05, 4.69) is 24.4 Å². The summed E-state index contributed by atoms with van der Waals surface area (Å²) in [5, 5.41) is 2.78. The van der Waals surface area contributed by atoms with Crippen LogP contribution in [0.3, 0.4) is 0 Å². The first-order valence-corrected chi connectivity index (χ1v) is 4.97. The Balaban J connectivity index is 2.21. The number of rotatable bonds is 2. The van der Waals surface area contributed by atoms with Crippen LogP contribution in [0.1, 0.15) is 23.5 Å². The molecule has 0 aromatic heterocycles. The molecular weight excluding hydrogens is 174 g/mol. The molecule has 1 aromatic rings. The van der Waals surface area contributed by atoms with Gasteiger partial charge in [-0.05, 0) is 30.9 Å². The molecule has 0 heterocycles. The van der Waals surface area contributed by atoms with Gasteiger partial charge in [0.1, 0.15) is 0 Å². The molecule has 14 heavy (non-hydrogen) atoms. The standard InChI is InChI=1S/C12H14NO/c1-2-13-12(14)11-8-7-9-5-3-4-6-10(9)11/h3-6,11H,1-2,7-8H2,(H,13,14). The minimum absolute atomic E-state index is 0.0490. The minimum Gasteiger partial charge on any atom is -0.356 e. The molecule has 2 rings (SSSR count). The molecule has 1 amide bonds. The van der Waals surface area contributed by atoms with Crippen molar-refractivity contribution in [3.63, 3.8) is 0 Å². The third kappa shape index (κ3) is 1.52. The lowest BCUT2D eigenvalue weighted by molar-refractivity contribution is -0.122. The van der Waals surface area contributed by atoms with Crippen molar-refractivity contribution in [3.05, 3.63) is 42.3 Å². The Morgan fingerprint density at radius 1 is 1.50 bits per heavy atom. The van der Waals surface area contributed by atoms with Gasteiger partial charge in [0, 0.05) is 6.54 Å². The fourth-order valence-corrected chi connectivity index (χ4v) is 2.08. The van der Waals surface area contributed by atoms with E-state index in [-0.39, 0.29) is 11.8 Å². The molecule has 1 atom stereocenters. The summed E-state index contributed by atoms with van der Waals surface area (Å²) < 4.78 is 0. The van der Waals surface area contributed by atoms with Gasteiger partial charge in [-0.2, -0.15) is 0 Å². The maximum Gasteiger partial charge on any atom is 0.227 e. The number of carbonyl (C=O) groups excluding carboxylic acids is 1. The van der Waals surface area contributed by atoms with Crippen molar-refractivity contribution in [2.75, 3.05) is 6.54 Å². The Kier molecular flexibility index (Phi) is 2.53. The Labute approximate surface area is 84.3 Å². The van der Waals surface area contributed by atoms with Crippen LogP contribution in [0.15, 0.2) is 24.3 Å². The van der Waals surface area contributed by atoms with E-state index in [0.29, 0.717) is 6.54 Å². The Morgan fingerprint density at radius 2 is 2.29 bits per heavy atom. The van der Waals surface area contributed by atoms with Gasteiger partial charge in [0.05, 0.1) is 5.92 Å². The Morgan fingerprint density at radius 3 is 3.07 bits per heavy atom. The maximum absolute atomic E-state index is 11.7. The maximum atomic E-state index is 11.7. The van der Waals surface area contributed by atoms with Crippen LogP contribution in [0.4, 0.5) is 0 Å². The summed E-state index contributed by atoms with van der Waals surface area (Å²) in [6.07, 6.45) is 1.95. The number of hydrogen-bond donors (Lipinski definition) is 1. The van der Waals surface area contributed by atoms with Crippen molar-refractivity contribution in [3.8, 4) is 0 Å². The Bertz CT molecular complexity index is 346. The first kappa shape index (κ1) is 9.25. The van der Waals surface area contributed by atoms with Crippen LogP contribution >= 0.6 is 0 Å². The monoisotopic (exact) mass is 188 g/mol. The minimum atomic E-state index is 0.0490. The van der Waals surface area contributed by atoms with Crippen molar-refractivity contribution >= 4 is 5.91 Å². The summed E-state index contributed by atoms with van der Waals surface area (Å²) in [6.45, 7) is 4.09. The molecule has 1 aliphatic carbocycles. The summed E-state index contributed by atoms with van der Waals surface area (Å²) in [5.74, 6) is 0.165. The van der Waals surface area contributed by atoms with Gasteiger partial charge < -0.3 is 5.32 Å². The average Bonchev–Trinajstić information content (AvgIpc) is 2.61. The molecule has 0 aliphatic heterocycles. The zero-order valence-electron chi connectivity index (χ0n) is 8.12. The lowest BCUT2D eigenvalue weighted by atomic mass is 10.0. The first-order chi connectivity index (χ1) is 6.83. The number of amides is 1. The van der Waals surface area contributed by atoms with Gasteiger partial charge in [-0.25, -0.2) is 0 Å². The highest BCUT2D eigenvalue weighted by Gasteiger charge is 2.27. The molecule has 0 spiro atoms. The number of carbonyl (C=O) groups is 1. The number of aryl methyl sites for hydroxylation is 1. The zero-order valence-corrected chi connectivity index (χ0v) is 8.12. The van der Waals surface area contributed by atoms with Gasteiger partial charge in [0.25, 0.3) is 0 Å². The second-order valence-electron chi connectivity index (χ2n) is 3.58. The van der Waals surface area contributed by atoms with Crippen molar-refractivity contribution in [1.82, 2.24) is 5.32 Å². The SMILES string of the molecule is [CH2]CNC(=O)C1CCc2ccccc21. The van der Waals surface area contributed by atoms with E-state index in [9.17, 15) is 4.79 Å². The van der Waals surface area contributed by atoms with E-state index < -0.39 is 0 Å². The molecule has 73 valence electrons. The van der Waals surface area contributed by atoms with Crippen molar-refractivity contribution in [2.24, 2.45) is 0 Å². The molecule has 0 fully saturated rings. The summed E-state index contributed by atoms with van der Waals surface area (Å²) in [7, 11) is 0. The predicted octanol–water partition coefficient (Wildman–Crippen LogP) is 1.67. The molecule has 2 nitrogen and oxygen atoms in total. The summed E-state index contributed by atoms with van der Waals surface area (Å²) in [5.41, 5.74) is 2.51. The van der Waals surface area contributed by atoms with Crippen LogP contribution in [0.5, 0.6) is 0 Å². The molecule has 1 aromatic carbocycles. The number of hydrogen-bond acceptors (Lipinski definition) is 1. The topological polar surface area (TPSA) is 29.1 Å². The quantitative estimate of drug-likeness (QED) is 0.751. The third-order valence-corrected chi connectivity index (χ3v) is 2.75. The van der Waals surface area contributed by atoms with Crippen LogP contribution in [0, 0.1) is 6.92 Å². The first-order valence-electron chi connectivity index (χ1n) is 4.97. The van der Waals surface area contributed by atoms with Gasteiger partial charge in [-0.3, -0.25) is 4.79 Å². The van der Waals surface area contributed by atoms with Crippen molar-refractivity contribution in [2.45, 2.75) is 18.8 Å².